The van der Waals surface area contributed by atoms with Gasteiger partial charge in [-0.3, -0.25) is 4.98 Å². The fourth-order valence-electron chi connectivity index (χ4n) is 2.16. The van der Waals surface area contributed by atoms with Crippen molar-refractivity contribution in [3.63, 3.8) is 0 Å². The van der Waals surface area contributed by atoms with Gasteiger partial charge >= 0.3 is 0 Å². The van der Waals surface area contributed by atoms with Crippen LogP contribution in [0, 0.1) is 6.92 Å². The van der Waals surface area contributed by atoms with Gasteiger partial charge in [0.25, 0.3) is 0 Å². The summed E-state index contributed by atoms with van der Waals surface area (Å²) in [6.07, 6.45) is 5.20. The molecule has 0 spiro atoms. The van der Waals surface area contributed by atoms with Gasteiger partial charge in [0.1, 0.15) is 10.8 Å². The number of aryl methyl sites for hydroxylation is 1. The normalized spacial score (nSPS) is 12.1. The summed E-state index contributed by atoms with van der Waals surface area (Å²) >= 11 is 1.70. The Hall–Kier alpha value is -1.59. The second-order valence-corrected chi connectivity index (χ2v) is 5.75. The van der Waals surface area contributed by atoms with Crippen LogP contribution in [0.1, 0.15) is 24.1 Å². The lowest BCUT2D eigenvalue weighted by atomic mass is 10.0. The Kier molecular flexibility index (Phi) is 6.02. The van der Waals surface area contributed by atoms with Crippen molar-refractivity contribution in [2.45, 2.75) is 24.9 Å². The van der Waals surface area contributed by atoms with Gasteiger partial charge in [-0.2, -0.15) is 0 Å². The van der Waals surface area contributed by atoms with Gasteiger partial charge in [0.15, 0.2) is 0 Å². The molecule has 0 radical (unpaired) electrons. The Balaban J connectivity index is 2.16. The molecule has 2 rings (SSSR count). The van der Waals surface area contributed by atoms with Gasteiger partial charge in [-0.05, 0) is 19.5 Å². The first-order valence-corrected chi connectivity index (χ1v) is 8.00. The maximum absolute atomic E-state index is 5.50. The van der Waals surface area contributed by atoms with Gasteiger partial charge in [-0.1, -0.05) is 24.6 Å². The number of nitrogens with one attached hydrogen (secondary N) is 1. The van der Waals surface area contributed by atoms with E-state index in [1.54, 1.807) is 37.5 Å². The maximum atomic E-state index is 5.50. The highest BCUT2D eigenvalue weighted by molar-refractivity contribution is 7.99. The quantitative estimate of drug-likeness (QED) is 0.796. The zero-order valence-corrected chi connectivity index (χ0v) is 13.5. The van der Waals surface area contributed by atoms with Crippen LogP contribution < -0.4 is 10.1 Å². The molecule has 0 amide bonds. The van der Waals surface area contributed by atoms with Crippen molar-refractivity contribution < 1.29 is 4.74 Å². The highest BCUT2D eigenvalue weighted by Crippen LogP contribution is 2.30. The van der Waals surface area contributed by atoms with Gasteiger partial charge < -0.3 is 10.1 Å². The lowest BCUT2D eigenvalue weighted by Crippen LogP contribution is -2.23. The van der Waals surface area contributed by atoms with Crippen molar-refractivity contribution >= 4 is 11.8 Å². The minimum absolute atomic E-state index is 0.219. The van der Waals surface area contributed by atoms with Crippen LogP contribution in [0.25, 0.3) is 0 Å². The molecule has 0 fully saturated rings. The summed E-state index contributed by atoms with van der Waals surface area (Å²) in [4.78, 5) is 8.41. The largest absolute Gasteiger partial charge is 0.496 e. The topological polar surface area (TPSA) is 47.0 Å². The van der Waals surface area contributed by atoms with Gasteiger partial charge in [0, 0.05) is 29.8 Å². The van der Waals surface area contributed by atoms with Gasteiger partial charge in [0.05, 0.1) is 13.3 Å². The molecular formula is C16H21N3OS. The highest BCUT2D eigenvalue weighted by atomic mass is 32.2. The predicted molar refractivity (Wildman–Crippen MR) is 86.9 cm³/mol. The lowest BCUT2D eigenvalue weighted by Gasteiger charge is -2.20. The summed E-state index contributed by atoms with van der Waals surface area (Å²) in [7, 11) is 1.72. The average Bonchev–Trinajstić information content (AvgIpc) is 2.52. The second kappa shape index (κ2) is 8.00. The molecule has 0 aliphatic rings. The summed E-state index contributed by atoms with van der Waals surface area (Å²) in [6.45, 7) is 5.12. The van der Waals surface area contributed by atoms with Crippen molar-refractivity contribution in [1.29, 1.82) is 0 Å². The SMILES string of the molecule is CCNC(CSc1cnccn1)c1cc(C)ccc1OC. The van der Waals surface area contributed by atoms with E-state index in [9.17, 15) is 0 Å². The summed E-state index contributed by atoms with van der Waals surface area (Å²) in [5.74, 6) is 1.80. The Morgan fingerprint density at radius 3 is 2.86 bits per heavy atom. The summed E-state index contributed by atoms with van der Waals surface area (Å²) in [5.41, 5.74) is 2.42. The smallest absolute Gasteiger partial charge is 0.123 e. The van der Waals surface area contributed by atoms with Crippen molar-refractivity contribution in [2.75, 3.05) is 19.4 Å². The zero-order valence-electron chi connectivity index (χ0n) is 12.7. The molecule has 21 heavy (non-hydrogen) atoms. The summed E-state index contributed by atoms with van der Waals surface area (Å²) in [5, 5.41) is 4.46. The molecule has 5 heteroatoms. The number of benzene rings is 1. The number of aromatic nitrogens is 2. The zero-order chi connectivity index (χ0) is 15.1. The monoisotopic (exact) mass is 303 g/mol. The van der Waals surface area contributed by atoms with E-state index in [0.717, 1.165) is 23.1 Å². The molecule has 0 bridgehead atoms. The Morgan fingerprint density at radius 2 is 2.19 bits per heavy atom. The van der Waals surface area contributed by atoms with Crippen LogP contribution >= 0.6 is 11.8 Å². The van der Waals surface area contributed by atoms with Gasteiger partial charge in [-0.25, -0.2) is 4.98 Å². The lowest BCUT2D eigenvalue weighted by molar-refractivity contribution is 0.403. The van der Waals surface area contributed by atoms with Crippen LogP contribution in [0.15, 0.2) is 41.8 Å². The third-order valence-corrected chi connectivity index (χ3v) is 4.16. The summed E-state index contributed by atoms with van der Waals surface area (Å²) in [6, 6.07) is 6.50. The average molecular weight is 303 g/mol. The molecule has 112 valence electrons. The number of hydrogen-bond donors (Lipinski definition) is 1. The van der Waals surface area contributed by atoms with E-state index in [-0.39, 0.29) is 6.04 Å². The van der Waals surface area contributed by atoms with Crippen LogP contribution in [-0.4, -0.2) is 29.4 Å². The minimum atomic E-state index is 0.219. The van der Waals surface area contributed by atoms with Crippen LogP contribution in [-0.2, 0) is 0 Å². The Bertz CT molecular complexity index is 563. The van der Waals surface area contributed by atoms with Crippen LogP contribution in [0.4, 0.5) is 0 Å². The number of ether oxygens (including phenoxy) is 1. The maximum Gasteiger partial charge on any atom is 0.123 e. The van der Waals surface area contributed by atoms with Crippen molar-refractivity contribution in [3.8, 4) is 5.75 Å². The third-order valence-electron chi connectivity index (χ3n) is 3.15. The molecule has 2 aromatic rings. The molecule has 1 aromatic carbocycles. The first-order chi connectivity index (χ1) is 10.2. The van der Waals surface area contributed by atoms with Crippen molar-refractivity contribution in [2.24, 2.45) is 0 Å². The van der Waals surface area contributed by atoms with E-state index in [1.165, 1.54) is 11.1 Å². The minimum Gasteiger partial charge on any atom is -0.496 e. The highest BCUT2D eigenvalue weighted by Gasteiger charge is 2.16. The molecule has 1 atom stereocenters. The molecule has 1 N–H and O–H groups in total. The number of nitrogens with zero attached hydrogens (tertiary/aromatic N) is 2. The molecule has 1 heterocycles. The van der Waals surface area contributed by atoms with Gasteiger partial charge in [0.2, 0.25) is 0 Å². The summed E-state index contributed by atoms with van der Waals surface area (Å²) < 4.78 is 5.50. The molecule has 1 aromatic heterocycles. The van der Waals surface area contributed by atoms with E-state index in [4.69, 9.17) is 4.74 Å². The molecule has 0 aliphatic carbocycles. The second-order valence-electron chi connectivity index (χ2n) is 4.71. The van der Waals surface area contributed by atoms with E-state index in [0.29, 0.717) is 0 Å². The fraction of sp³-hybridized carbons (Fsp3) is 0.375. The van der Waals surface area contributed by atoms with Crippen molar-refractivity contribution in [3.05, 3.63) is 47.9 Å². The molecule has 0 saturated carbocycles. The first-order valence-electron chi connectivity index (χ1n) is 7.01. The van der Waals surface area contributed by atoms with Crippen LogP contribution in [0.2, 0.25) is 0 Å². The number of rotatable bonds is 7. The predicted octanol–water partition coefficient (Wildman–Crippen LogP) is 3.24. The number of thioether (sulfide) groups is 1. The molecule has 0 saturated heterocycles. The van der Waals surface area contributed by atoms with Gasteiger partial charge in [-0.15, -0.1) is 11.8 Å². The van der Waals surface area contributed by atoms with E-state index < -0.39 is 0 Å². The standard InChI is InChI=1S/C16H21N3OS/c1-4-18-14(11-21-16-10-17-7-8-19-16)13-9-12(2)5-6-15(13)20-3/h5-10,14,18H,4,11H2,1-3H3. The number of hydrogen-bond acceptors (Lipinski definition) is 5. The van der Waals surface area contributed by atoms with E-state index in [2.05, 4.69) is 41.3 Å². The molecule has 1 unspecified atom stereocenters. The Labute approximate surface area is 130 Å². The van der Waals surface area contributed by atoms with Crippen LogP contribution in [0.3, 0.4) is 0 Å². The van der Waals surface area contributed by atoms with Crippen LogP contribution in [0.5, 0.6) is 5.75 Å². The fourth-order valence-corrected chi connectivity index (χ4v) is 3.07. The molecule has 4 nitrogen and oxygen atoms in total. The first kappa shape index (κ1) is 15.8. The third kappa shape index (κ3) is 4.44. The molecule has 0 aliphatic heterocycles. The van der Waals surface area contributed by atoms with E-state index >= 15 is 0 Å². The Morgan fingerprint density at radius 1 is 1.33 bits per heavy atom. The van der Waals surface area contributed by atoms with Crippen molar-refractivity contribution in [1.82, 2.24) is 15.3 Å². The number of methoxy groups -OCH3 is 1. The van der Waals surface area contributed by atoms with E-state index in [1.807, 2.05) is 6.07 Å². The molecular weight excluding hydrogens is 282 g/mol.